The highest BCUT2D eigenvalue weighted by Crippen LogP contribution is 2.45. The molecule has 0 saturated carbocycles. The van der Waals surface area contributed by atoms with Crippen molar-refractivity contribution in [3.63, 3.8) is 0 Å². The molecule has 8 heteroatoms. The zero-order valence-corrected chi connectivity index (χ0v) is 13.6. The van der Waals surface area contributed by atoms with Gasteiger partial charge in [-0.25, -0.2) is 8.42 Å². The third-order valence-corrected chi connectivity index (χ3v) is 7.28. The molecule has 0 N–H and O–H groups in total. The molecular formula is C14H20N2O5S. The van der Waals surface area contributed by atoms with Crippen LogP contribution in [0.1, 0.15) is 29.6 Å². The van der Waals surface area contributed by atoms with E-state index in [0.717, 1.165) is 0 Å². The number of hydrogen-bond acceptors (Lipinski definition) is 6. The van der Waals surface area contributed by atoms with Crippen LogP contribution in [0.3, 0.4) is 0 Å². The van der Waals surface area contributed by atoms with Gasteiger partial charge in [0.05, 0.1) is 12.4 Å². The van der Waals surface area contributed by atoms with Gasteiger partial charge in [-0.2, -0.15) is 0 Å². The molecule has 2 fully saturated rings. The summed E-state index contributed by atoms with van der Waals surface area (Å²) in [5.41, 5.74) is 0.226. The van der Waals surface area contributed by atoms with Gasteiger partial charge in [0.1, 0.15) is 10.5 Å². The number of amides is 1. The summed E-state index contributed by atoms with van der Waals surface area (Å²) in [7, 11) is -3.19. The van der Waals surface area contributed by atoms with Gasteiger partial charge in [-0.1, -0.05) is 5.16 Å². The molecular weight excluding hydrogens is 308 g/mol. The minimum Gasteiger partial charge on any atom is -0.381 e. The van der Waals surface area contributed by atoms with Crippen LogP contribution in [-0.2, 0) is 14.6 Å². The van der Waals surface area contributed by atoms with Gasteiger partial charge < -0.3 is 14.2 Å². The number of sulfone groups is 1. The predicted molar refractivity (Wildman–Crippen MR) is 78.3 cm³/mol. The van der Waals surface area contributed by atoms with Crippen molar-refractivity contribution in [3.05, 3.63) is 17.5 Å². The van der Waals surface area contributed by atoms with Crippen LogP contribution in [0.5, 0.6) is 0 Å². The number of hydrogen-bond donors (Lipinski definition) is 0. The second-order valence-corrected chi connectivity index (χ2v) is 8.46. The van der Waals surface area contributed by atoms with Gasteiger partial charge in [0.25, 0.3) is 5.91 Å². The van der Waals surface area contributed by atoms with E-state index in [1.54, 1.807) is 13.0 Å². The first-order valence-corrected chi connectivity index (χ1v) is 9.07. The molecule has 1 aromatic rings. The van der Waals surface area contributed by atoms with E-state index in [-0.39, 0.29) is 36.4 Å². The van der Waals surface area contributed by atoms with Crippen LogP contribution < -0.4 is 0 Å². The molecule has 22 heavy (non-hydrogen) atoms. The summed E-state index contributed by atoms with van der Waals surface area (Å²) in [6.45, 7) is 5.03. The molecule has 3 rings (SSSR count). The minimum atomic E-state index is -3.19. The van der Waals surface area contributed by atoms with Crippen molar-refractivity contribution >= 4 is 15.7 Å². The van der Waals surface area contributed by atoms with Gasteiger partial charge in [0, 0.05) is 31.7 Å². The largest absolute Gasteiger partial charge is 0.381 e. The Morgan fingerprint density at radius 3 is 2.86 bits per heavy atom. The topological polar surface area (TPSA) is 89.7 Å². The maximum Gasteiger partial charge on any atom is 0.276 e. The first-order chi connectivity index (χ1) is 10.4. The Hall–Kier alpha value is -1.41. The molecule has 122 valence electrons. The third kappa shape index (κ3) is 2.25. The quantitative estimate of drug-likeness (QED) is 0.806. The summed E-state index contributed by atoms with van der Waals surface area (Å²) < 4.78 is 34.3. The van der Waals surface area contributed by atoms with Crippen molar-refractivity contribution in [2.75, 3.05) is 32.1 Å². The smallest absolute Gasteiger partial charge is 0.276 e. The van der Waals surface area contributed by atoms with Gasteiger partial charge in [-0.3, -0.25) is 4.79 Å². The number of aryl methyl sites for hydroxylation is 1. The molecule has 0 aliphatic carbocycles. The lowest BCUT2D eigenvalue weighted by Gasteiger charge is -2.49. The monoisotopic (exact) mass is 328 g/mol. The number of likely N-dealkylation sites (tertiary alicyclic amines) is 1. The van der Waals surface area contributed by atoms with E-state index >= 15 is 0 Å². The molecule has 2 aliphatic heterocycles. The third-order valence-electron chi connectivity index (χ3n) is 4.67. The van der Waals surface area contributed by atoms with Gasteiger partial charge in [0.15, 0.2) is 15.5 Å². The van der Waals surface area contributed by atoms with E-state index in [0.29, 0.717) is 25.4 Å². The maximum atomic E-state index is 12.4. The Kier molecular flexibility index (Phi) is 3.76. The standard InChI is InChI=1S/C14H20N2O5S/c1-3-20-7-11-4-5-22(18,19)14(11)8-16(9-14)13(17)12-6-10(2)21-15-12/h6,11H,3-5,7-9H2,1-2H3. The molecule has 7 nitrogen and oxygen atoms in total. The van der Waals surface area contributed by atoms with E-state index in [2.05, 4.69) is 5.16 Å². The van der Waals surface area contributed by atoms with Crippen LogP contribution in [0.25, 0.3) is 0 Å². The van der Waals surface area contributed by atoms with Crippen LogP contribution in [0.15, 0.2) is 10.6 Å². The van der Waals surface area contributed by atoms with Crippen LogP contribution in [0.4, 0.5) is 0 Å². The van der Waals surface area contributed by atoms with E-state index in [4.69, 9.17) is 9.26 Å². The summed E-state index contributed by atoms with van der Waals surface area (Å²) in [6.07, 6.45) is 0.605. The molecule has 1 amide bonds. The molecule has 2 aliphatic rings. The molecule has 0 radical (unpaired) electrons. The lowest BCUT2D eigenvalue weighted by molar-refractivity contribution is 0.0264. The van der Waals surface area contributed by atoms with Crippen molar-refractivity contribution < 1.29 is 22.5 Å². The van der Waals surface area contributed by atoms with Gasteiger partial charge in [-0.05, 0) is 20.3 Å². The fraction of sp³-hybridized carbons (Fsp3) is 0.714. The van der Waals surface area contributed by atoms with Crippen LogP contribution in [0.2, 0.25) is 0 Å². The molecule has 1 aromatic heterocycles. The summed E-state index contributed by atoms with van der Waals surface area (Å²) in [6, 6.07) is 1.56. The normalized spacial score (nSPS) is 25.4. The lowest BCUT2D eigenvalue weighted by atomic mass is 9.83. The number of nitrogens with zero attached hydrogens (tertiary/aromatic N) is 2. The minimum absolute atomic E-state index is 0.0412. The Labute approximate surface area is 129 Å². The van der Waals surface area contributed by atoms with E-state index < -0.39 is 14.6 Å². The molecule has 3 heterocycles. The summed E-state index contributed by atoms with van der Waals surface area (Å²) in [5, 5.41) is 3.70. The van der Waals surface area contributed by atoms with E-state index in [1.165, 1.54) is 4.90 Å². The highest BCUT2D eigenvalue weighted by atomic mass is 32.2. The highest BCUT2D eigenvalue weighted by molar-refractivity contribution is 7.93. The second-order valence-electron chi connectivity index (χ2n) is 6.01. The first kappa shape index (κ1) is 15.5. The van der Waals surface area contributed by atoms with Crippen molar-refractivity contribution in [2.45, 2.75) is 25.0 Å². The molecule has 0 bridgehead atoms. The lowest BCUT2D eigenvalue weighted by Crippen LogP contribution is -2.68. The number of aromatic nitrogens is 1. The fourth-order valence-corrected chi connectivity index (χ4v) is 5.74. The Morgan fingerprint density at radius 2 is 2.27 bits per heavy atom. The molecule has 1 spiro atoms. The van der Waals surface area contributed by atoms with Crippen molar-refractivity contribution in [2.24, 2.45) is 5.92 Å². The highest BCUT2D eigenvalue weighted by Gasteiger charge is 2.62. The molecule has 1 unspecified atom stereocenters. The fourth-order valence-electron chi connectivity index (χ4n) is 3.34. The summed E-state index contributed by atoms with van der Waals surface area (Å²) in [5.74, 6) is 0.414. The summed E-state index contributed by atoms with van der Waals surface area (Å²) in [4.78, 5) is 13.8. The van der Waals surface area contributed by atoms with E-state index in [1.807, 2.05) is 6.92 Å². The first-order valence-electron chi connectivity index (χ1n) is 7.42. The number of rotatable bonds is 4. The number of carbonyl (C=O) groups is 1. The SMILES string of the molecule is CCOCC1CCS(=O)(=O)C12CN(C(=O)c1cc(C)on1)C2. The van der Waals surface area contributed by atoms with Crippen molar-refractivity contribution in [1.29, 1.82) is 0 Å². The summed E-state index contributed by atoms with van der Waals surface area (Å²) >= 11 is 0. The van der Waals surface area contributed by atoms with Gasteiger partial charge >= 0.3 is 0 Å². The molecule has 1 atom stereocenters. The number of carbonyl (C=O) groups excluding carboxylic acids is 1. The molecule has 2 saturated heterocycles. The number of ether oxygens (including phenoxy) is 1. The molecule has 0 aromatic carbocycles. The zero-order valence-electron chi connectivity index (χ0n) is 12.7. The van der Waals surface area contributed by atoms with Crippen LogP contribution >= 0.6 is 0 Å². The average molecular weight is 328 g/mol. The Balaban J connectivity index is 1.74. The zero-order chi connectivity index (χ0) is 16.0. The predicted octanol–water partition coefficient (Wildman–Crippen LogP) is 0.649. The van der Waals surface area contributed by atoms with Crippen molar-refractivity contribution in [1.82, 2.24) is 10.1 Å². The van der Waals surface area contributed by atoms with Crippen LogP contribution in [0, 0.1) is 12.8 Å². The van der Waals surface area contributed by atoms with Gasteiger partial charge in [0.2, 0.25) is 0 Å². The average Bonchev–Trinajstić information content (AvgIpc) is 2.95. The Morgan fingerprint density at radius 1 is 1.55 bits per heavy atom. The maximum absolute atomic E-state index is 12.4. The van der Waals surface area contributed by atoms with Crippen LogP contribution in [-0.4, -0.2) is 61.2 Å². The van der Waals surface area contributed by atoms with Crippen molar-refractivity contribution in [3.8, 4) is 0 Å². The van der Waals surface area contributed by atoms with E-state index in [9.17, 15) is 13.2 Å². The van der Waals surface area contributed by atoms with Gasteiger partial charge in [-0.15, -0.1) is 0 Å². The Bertz CT molecular complexity index is 675. The second kappa shape index (κ2) is 5.34.